The number of aromatic nitrogens is 1. The number of carbonyl (C=O) groups excluding carboxylic acids is 1. The van der Waals surface area contributed by atoms with Crippen LogP contribution in [0, 0.1) is 13.8 Å². The van der Waals surface area contributed by atoms with Crippen molar-refractivity contribution >= 4 is 79.2 Å². The van der Waals surface area contributed by atoms with Gasteiger partial charge < -0.3 is 14.5 Å². The number of oxazole rings is 1. The highest BCUT2D eigenvalue weighted by atomic mass is 79.9. The largest absolute Gasteiger partial charge is 0.496 e. The number of ether oxygens (including phenoxy) is 1. The first-order valence-electron chi connectivity index (χ1n) is 9.99. The Morgan fingerprint density at radius 2 is 1.88 bits per heavy atom. The quantitative estimate of drug-likeness (QED) is 0.247. The first-order valence-corrected chi connectivity index (χ1v) is 11.9. The smallest absolute Gasteiger partial charge is 0.261 e. The van der Waals surface area contributed by atoms with E-state index in [1.165, 1.54) is 7.11 Å². The van der Waals surface area contributed by atoms with Gasteiger partial charge in [-0.15, -0.1) is 0 Å². The molecule has 1 aromatic heterocycles. The fourth-order valence-electron chi connectivity index (χ4n) is 3.47. The number of methoxy groups -OCH3 is 1. The van der Waals surface area contributed by atoms with Crippen LogP contribution in [0.1, 0.15) is 21.5 Å². The lowest BCUT2D eigenvalue weighted by Crippen LogP contribution is -2.34. The Bertz CT molecular complexity index is 1460. The van der Waals surface area contributed by atoms with E-state index < -0.39 is 5.91 Å². The van der Waals surface area contributed by atoms with Crippen molar-refractivity contribution in [1.82, 2.24) is 10.3 Å². The van der Waals surface area contributed by atoms with Gasteiger partial charge in [0.2, 0.25) is 5.89 Å². The van der Waals surface area contributed by atoms with Gasteiger partial charge in [-0.1, -0.05) is 45.2 Å². The monoisotopic (exact) mass is 577 g/mol. The molecular formula is C24H18BrCl2N3O3S. The Labute approximate surface area is 219 Å². The van der Waals surface area contributed by atoms with Gasteiger partial charge in [0.25, 0.3) is 5.91 Å². The molecule has 174 valence electrons. The molecule has 2 N–H and O–H groups in total. The minimum Gasteiger partial charge on any atom is -0.496 e. The number of thiocarbonyl (C=S) groups is 1. The molecule has 3 aromatic carbocycles. The van der Waals surface area contributed by atoms with Crippen molar-refractivity contribution in [3.05, 3.63) is 73.7 Å². The van der Waals surface area contributed by atoms with Crippen LogP contribution < -0.4 is 15.4 Å². The van der Waals surface area contributed by atoms with Gasteiger partial charge in [0.15, 0.2) is 10.7 Å². The first kappa shape index (κ1) is 24.5. The number of nitrogens with zero attached hydrogens (tertiary/aromatic N) is 1. The minimum atomic E-state index is -0.391. The summed E-state index contributed by atoms with van der Waals surface area (Å²) in [4.78, 5) is 17.4. The van der Waals surface area contributed by atoms with Gasteiger partial charge in [0, 0.05) is 20.7 Å². The van der Waals surface area contributed by atoms with Crippen LogP contribution in [0.25, 0.3) is 22.6 Å². The van der Waals surface area contributed by atoms with Crippen LogP contribution in [0.3, 0.4) is 0 Å². The van der Waals surface area contributed by atoms with Crippen molar-refractivity contribution in [2.24, 2.45) is 0 Å². The zero-order chi connectivity index (χ0) is 24.6. The molecule has 0 atom stereocenters. The van der Waals surface area contributed by atoms with Crippen molar-refractivity contribution in [2.45, 2.75) is 13.8 Å². The number of anilines is 1. The number of halogens is 3. The second-order valence-electron chi connectivity index (χ2n) is 7.50. The fraction of sp³-hybridized carbons (Fsp3) is 0.125. The topological polar surface area (TPSA) is 76.4 Å². The average Bonchev–Trinajstić information content (AvgIpc) is 3.19. The average molecular weight is 579 g/mol. The third-order valence-electron chi connectivity index (χ3n) is 5.06. The van der Waals surface area contributed by atoms with E-state index >= 15 is 0 Å². The number of nitrogens with one attached hydrogen (secondary N) is 2. The summed E-state index contributed by atoms with van der Waals surface area (Å²) in [6.07, 6.45) is 0. The maximum absolute atomic E-state index is 12.9. The number of benzene rings is 3. The van der Waals surface area contributed by atoms with E-state index in [0.717, 1.165) is 15.6 Å². The van der Waals surface area contributed by atoms with Crippen LogP contribution in [0.2, 0.25) is 10.0 Å². The molecule has 0 aliphatic carbocycles. The van der Waals surface area contributed by atoms with Crippen molar-refractivity contribution in [2.75, 3.05) is 12.4 Å². The van der Waals surface area contributed by atoms with Crippen LogP contribution in [0.15, 0.2) is 51.4 Å². The molecule has 0 aliphatic heterocycles. The highest BCUT2D eigenvalue weighted by Crippen LogP contribution is 2.33. The summed E-state index contributed by atoms with van der Waals surface area (Å²) in [5.41, 5.74) is 4.51. The maximum Gasteiger partial charge on any atom is 0.261 e. The van der Waals surface area contributed by atoms with Crippen LogP contribution in [0.5, 0.6) is 5.75 Å². The van der Waals surface area contributed by atoms with Crippen LogP contribution in [-0.2, 0) is 0 Å². The molecule has 0 bridgehead atoms. The predicted molar refractivity (Wildman–Crippen MR) is 143 cm³/mol. The van der Waals surface area contributed by atoms with E-state index in [4.69, 9.17) is 44.6 Å². The summed E-state index contributed by atoms with van der Waals surface area (Å²) in [6, 6.07) is 12.4. The van der Waals surface area contributed by atoms with E-state index in [9.17, 15) is 4.79 Å². The van der Waals surface area contributed by atoms with E-state index in [1.54, 1.807) is 18.2 Å². The zero-order valence-corrected chi connectivity index (χ0v) is 22.2. The number of rotatable bonds is 4. The van der Waals surface area contributed by atoms with Crippen LogP contribution >= 0.6 is 51.3 Å². The molecule has 1 heterocycles. The third kappa shape index (κ3) is 5.05. The van der Waals surface area contributed by atoms with Crippen LogP contribution in [0.4, 0.5) is 5.69 Å². The van der Waals surface area contributed by atoms with Crippen molar-refractivity contribution < 1.29 is 13.9 Å². The van der Waals surface area contributed by atoms with E-state index in [2.05, 4.69) is 31.5 Å². The third-order valence-corrected chi connectivity index (χ3v) is 6.22. The van der Waals surface area contributed by atoms with Gasteiger partial charge in [-0.2, -0.15) is 0 Å². The lowest BCUT2D eigenvalue weighted by molar-refractivity contribution is 0.0974. The predicted octanol–water partition coefficient (Wildman–Crippen LogP) is 7.32. The second kappa shape index (κ2) is 9.92. The van der Waals surface area contributed by atoms with Gasteiger partial charge in [0.1, 0.15) is 11.3 Å². The zero-order valence-electron chi connectivity index (χ0n) is 18.3. The van der Waals surface area contributed by atoms with E-state index in [-0.39, 0.29) is 5.11 Å². The lowest BCUT2D eigenvalue weighted by Gasteiger charge is -2.15. The molecule has 0 saturated heterocycles. The Kier molecular flexibility index (Phi) is 7.14. The highest BCUT2D eigenvalue weighted by Gasteiger charge is 2.18. The minimum absolute atomic E-state index is 0.136. The lowest BCUT2D eigenvalue weighted by atomic mass is 10.1. The van der Waals surface area contributed by atoms with Gasteiger partial charge >= 0.3 is 0 Å². The molecule has 0 saturated carbocycles. The number of amides is 1. The number of hydrogen-bond acceptors (Lipinski definition) is 5. The summed E-state index contributed by atoms with van der Waals surface area (Å²) in [5.74, 6) is 0.473. The van der Waals surface area contributed by atoms with Crippen molar-refractivity contribution in [3.8, 4) is 17.2 Å². The van der Waals surface area contributed by atoms with Crippen molar-refractivity contribution in [1.29, 1.82) is 0 Å². The molecule has 1 amide bonds. The molecule has 6 nitrogen and oxygen atoms in total. The SMILES string of the molecule is COc1c(C)cc(Br)cc1C(=O)NC(=S)Nc1cc(-c2nc3cc(Cl)cc(Cl)c3o2)ccc1C. The fourth-order valence-corrected chi connectivity index (χ4v) is 4.76. The summed E-state index contributed by atoms with van der Waals surface area (Å²) in [6.45, 7) is 3.78. The van der Waals surface area contributed by atoms with Gasteiger partial charge in [-0.25, -0.2) is 4.98 Å². The number of fused-ring (bicyclic) bond motifs is 1. The first-order chi connectivity index (χ1) is 16.2. The molecule has 4 aromatic rings. The van der Waals surface area contributed by atoms with E-state index in [1.807, 2.05) is 38.1 Å². The van der Waals surface area contributed by atoms with Gasteiger partial charge in [-0.05, 0) is 73.6 Å². The van der Waals surface area contributed by atoms with Gasteiger partial charge in [0.05, 0.1) is 17.7 Å². The van der Waals surface area contributed by atoms with Gasteiger partial charge in [-0.3, -0.25) is 10.1 Å². The maximum atomic E-state index is 12.9. The number of carbonyl (C=O) groups is 1. The standard InChI is InChI=1S/C24H18BrCl2N3O3S/c1-11-4-5-13(23-28-19-10-15(26)9-17(27)21(19)33-23)7-18(11)29-24(34)30-22(31)16-8-14(25)6-12(2)20(16)32-3/h4-10H,1-3H3,(H2,29,30,31,34). The van der Waals surface area contributed by atoms with Crippen LogP contribution in [-0.4, -0.2) is 23.1 Å². The molecule has 34 heavy (non-hydrogen) atoms. The molecule has 0 unspecified atom stereocenters. The van der Waals surface area contributed by atoms with E-state index in [0.29, 0.717) is 49.6 Å². The Balaban J connectivity index is 1.57. The summed E-state index contributed by atoms with van der Waals surface area (Å²) < 4.78 is 12.0. The molecule has 10 heteroatoms. The number of hydrogen-bond donors (Lipinski definition) is 2. The Hall–Kier alpha value is -2.65. The number of aryl methyl sites for hydroxylation is 2. The Morgan fingerprint density at radius 1 is 1.12 bits per heavy atom. The summed E-state index contributed by atoms with van der Waals surface area (Å²) in [5, 5.41) is 6.77. The molecule has 4 rings (SSSR count). The second-order valence-corrected chi connectivity index (χ2v) is 9.66. The van der Waals surface area contributed by atoms with Crippen molar-refractivity contribution in [3.63, 3.8) is 0 Å². The molecule has 0 aliphatic rings. The Morgan fingerprint density at radius 3 is 2.62 bits per heavy atom. The normalized spacial score (nSPS) is 10.9. The summed E-state index contributed by atoms with van der Waals surface area (Å²) >= 11 is 21.1. The summed E-state index contributed by atoms with van der Waals surface area (Å²) in [7, 11) is 1.52. The molecule has 0 spiro atoms. The molecular weight excluding hydrogens is 561 g/mol. The molecule has 0 fully saturated rings. The highest BCUT2D eigenvalue weighted by molar-refractivity contribution is 9.10. The molecule has 0 radical (unpaired) electrons.